The maximum Gasteiger partial charge on any atom is 0.0110 e. The Morgan fingerprint density at radius 1 is 0.850 bits per heavy atom. The lowest BCUT2D eigenvalue weighted by atomic mass is 10.2. The lowest BCUT2D eigenvalue weighted by Gasteiger charge is -2.29. The van der Waals surface area contributed by atoms with E-state index >= 15 is 0 Å². The third-order valence-corrected chi connectivity index (χ3v) is 4.93. The summed E-state index contributed by atoms with van der Waals surface area (Å²) in [5.41, 5.74) is 5.53. The second-order valence-electron chi connectivity index (χ2n) is 6.45. The van der Waals surface area contributed by atoms with Crippen LogP contribution in [0.1, 0.15) is 51.4 Å². The highest BCUT2D eigenvalue weighted by Gasteiger charge is 2.22. The van der Waals surface area contributed by atoms with Gasteiger partial charge in [0, 0.05) is 51.4 Å². The van der Waals surface area contributed by atoms with Crippen molar-refractivity contribution >= 4 is 0 Å². The Morgan fingerprint density at radius 3 is 2.20 bits per heavy atom. The Hall–Kier alpha value is -0.160. The van der Waals surface area contributed by atoms with Crippen molar-refractivity contribution in [1.82, 2.24) is 15.5 Å². The quantitative estimate of drug-likeness (QED) is 0.529. The molecule has 0 saturated heterocycles. The van der Waals surface area contributed by atoms with Gasteiger partial charge in [0.25, 0.3) is 0 Å². The Kier molecular flexibility index (Phi) is 7.88. The smallest absolute Gasteiger partial charge is 0.0110 e. The van der Waals surface area contributed by atoms with E-state index in [0.29, 0.717) is 0 Å². The van der Waals surface area contributed by atoms with Crippen LogP contribution in [0.25, 0.3) is 0 Å². The van der Waals surface area contributed by atoms with Gasteiger partial charge in [0.2, 0.25) is 0 Å². The average molecular weight is 282 g/mol. The fraction of sp³-hybridized carbons (Fsp3) is 1.00. The molecule has 0 aromatic rings. The van der Waals surface area contributed by atoms with Crippen molar-refractivity contribution in [3.63, 3.8) is 0 Å². The number of hydrogen-bond acceptors (Lipinski definition) is 4. The van der Waals surface area contributed by atoms with Crippen LogP contribution in [0.3, 0.4) is 0 Å². The van der Waals surface area contributed by atoms with Crippen molar-refractivity contribution < 1.29 is 0 Å². The lowest BCUT2D eigenvalue weighted by Crippen LogP contribution is -2.44. The van der Waals surface area contributed by atoms with Crippen LogP contribution in [-0.4, -0.2) is 56.3 Å². The number of nitrogens with one attached hydrogen (secondary N) is 2. The first-order valence-corrected chi connectivity index (χ1v) is 8.78. The Labute approximate surface area is 124 Å². The molecular weight excluding hydrogens is 248 g/mol. The molecule has 2 aliphatic carbocycles. The van der Waals surface area contributed by atoms with Crippen molar-refractivity contribution in [1.29, 1.82) is 0 Å². The zero-order chi connectivity index (χ0) is 14.0. The van der Waals surface area contributed by atoms with Gasteiger partial charge in [0.1, 0.15) is 0 Å². The van der Waals surface area contributed by atoms with Crippen LogP contribution in [0, 0.1) is 0 Å². The molecule has 4 heteroatoms. The molecule has 4 N–H and O–H groups in total. The molecule has 0 bridgehead atoms. The summed E-state index contributed by atoms with van der Waals surface area (Å²) in [4.78, 5) is 2.71. The lowest BCUT2D eigenvalue weighted by molar-refractivity contribution is 0.197. The largest absolute Gasteiger partial charge is 0.329 e. The highest BCUT2D eigenvalue weighted by Crippen LogP contribution is 2.23. The summed E-state index contributed by atoms with van der Waals surface area (Å²) in [5.74, 6) is 0. The van der Waals surface area contributed by atoms with Crippen LogP contribution in [-0.2, 0) is 0 Å². The van der Waals surface area contributed by atoms with Crippen molar-refractivity contribution in [3.8, 4) is 0 Å². The third-order valence-electron chi connectivity index (χ3n) is 4.93. The van der Waals surface area contributed by atoms with E-state index in [9.17, 15) is 0 Å². The van der Waals surface area contributed by atoms with Gasteiger partial charge in [-0.25, -0.2) is 0 Å². The highest BCUT2D eigenvalue weighted by atomic mass is 15.2. The first kappa shape index (κ1) is 16.2. The van der Waals surface area contributed by atoms with E-state index in [1.807, 2.05) is 0 Å². The molecule has 0 heterocycles. The van der Waals surface area contributed by atoms with Gasteiger partial charge in [0.05, 0.1) is 0 Å². The normalized spacial score (nSPS) is 21.3. The van der Waals surface area contributed by atoms with Crippen LogP contribution in [0.15, 0.2) is 0 Å². The number of nitrogens with zero attached hydrogens (tertiary/aromatic N) is 1. The molecule has 0 unspecified atom stereocenters. The first-order chi connectivity index (χ1) is 9.90. The predicted octanol–water partition coefficient (Wildman–Crippen LogP) is 1.31. The van der Waals surface area contributed by atoms with E-state index in [2.05, 4.69) is 15.5 Å². The molecule has 0 aromatic carbocycles. The molecule has 0 aliphatic heterocycles. The zero-order valence-corrected chi connectivity index (χ0v) is 13.1. The fourth-order valence-electron chi connectivity index (χ4n) is 3.74. The molecule has 0 spiro atoms. The molecule has 0 amide bonds. The van der Waals surface area contributed by atoms with E-state index in [1.165, 1.54) is 64.5 Å². The Morgan fingerprint density at radius 2 is 1.50 bits per heavy atom. The third kappa shape index (κ3) is 5.68. The van der Waals surface area contributed by atoms with E-state index in [4.69, 9.17) is 5.73 Å². The van der Waals surface area contributed by atoms with Gasteiger partial charge < -0.3 is 16.4 Å². The summed E-state index contributed by atoms with van der Waals surface area (Å²) >= 11 is 0. The molecule has 4 nitrogen and oxygen atoms in total. The molecule has 0 aromatic heterocycles. The highest BCUT2D eigenvalue weighted by molar-refractivity contribution is 4.80. The summed E-state index contributed by atoms with van der Waals surface area (Å²) < 4.78 is 0. The molecule has 2 saturated carbocycles. The molecule has 118 valence electrons. The number of nitrogens with two attached hydrogens (primary N) is 1. The Balaban J connectivity index is 1.64. The zero-order valence-electron chi connectivity index (χ0n) is 13.1. The SMILES string of the molecule is NCCNCCN(CCNC1CCCC1)C1CCCC1. The van der Waals surface area contributed by atoms with Crippen LogP contribution in [0.4, 0.5) is 0 Å². The minimum Gasteiger partial charge on any atom is -0.329 e. The molecule has 2 rings (SSSR count). The predicted molar refractivity (Wildman–Crippen MR) is 86.0 cm³/mol. The van der Waals surface area contributed by atoms with Crippen LogP contribution >= 0.6 is 0 Å². The first-order valence-electron chi connectivity index (χ1n) is 8.78. The van der Waals surface area contributed by atoms with Crippen molar-refractivity contribution in [2.24, 2.45) is 5.73 Å². The monoisotopic (exact) mass is 282 g/mol. The van der Waals surface area contributed by atoms with Gasteiger partial charge in [-0.2, -0.15) is 0 Å². The van der Waals surface area contributed by atoms with Crippen molar-refractivity contribution in [3.05, 3.63) is 0 Å². The van der Waals surface area contributed by atoms with Crippen LogP contribution < -0.4 is 16.4 Å². The summed E-state index contributed by atoms with van der Waals surface area (Å²) in [5, 5.41) is 7.19. The summed E-state index contributed by atoms with van der Waals surface area (Å²) in [6.07, 6.45) is 11.3. The maximum atomic E-state index is 5.53. The van der Waals surface area contributed by atoms with Crippen LogP contribution in [0.2, 0.25) is 0 Å². The Bertz CT molecular complexity index is 235. The van der Waals surface area contributed by atoms with Crippen molar-refractivity contribution in [2.75, 3.05) is 39.3 Å². The van der Waals surface area contributed by atoms with Gasteiger partial charge in [-0.1, -0.05) is 25.7 Å². The fourth-order valence-corrected chi connectivity index (χ4v) is 3.74. The van der Waals surface area contributed by atoms with Gasteiger partial charge in [-0.15, -0.1) is 0 Å². The molecule has 2 aliphatic rings. The molecule has 20 heavy (non-hydrogen) atoms. The standard InChI is InChI=1S/C16H34N4/c17-9-10-18-11-13-20(16-7-3-4-8-16)14-12-19-15-5-1-2-6-15/h15-16,18-19H,1-14,17H2. The topological polar surface area (TPSA) is 53.3 Å². The minimum absolute atomic E-state index is 0.743. The van der Waals surface area contributed by atoms with E-state index in [-0.39, 0.29) is 0 Å². The van der Waals surface area contributed by atoms with Gasteiger partial charge in [-0.05, 0) is 25.7 Å². The van der Waals surface area contributed by atoms with E-state index in [1.54, 1.807) is 0 Å². The second-order valence-corrected chi connectivity index (χ2v) is 6.45. The number of hydrogen-bond donors (Lipinski definition) is 3. The summed E-state index contributed by atoms with van der Waals surface area (Å²) in [6, 6.07) is 1.64. The van der Waals surface area contributed by atoms with Gasteiger partial charge >= 0.3 is 0 Å². The van der Waals surface area contributed by atoms with Gasteiger partial charge in [0.15, 0.2) is 0 Å². The molecule has 0 atom stereocenters. The van der Waals surface area contributed by atoms with E-state index < -0.39 is 0 Å². The van der Waals surface area contributed by atoms with Gasteiger partial charge in [-0.3, -0.25) is 4.90 Å². The molecule has 2 fully saturated rings. The maximum absolute atomic E-state index is 5.53. The number of rotatable bonds is 10. The average Bonchev–Trinajstić information content (AvgIpc) is 3.14. The minimum atomic E-state index is 0.743. The second kappa shape index (κ2) is 9.72. The van der Waals surface area contributed by atoms with E-state index in [0.717, 1.165) is 38.3 Å². The van der Waals surface area contributed by atoms with Crippen LogP contribution in [0.5, 0.6) is 0 Å². The molecular formula is C16H34N4. The summed E-state index contributed by atoms with van der Waals surface area (Å²) in [6.45, 7) is 6.32. The summed E-state index contributed by atoms with van der Waals surface area (Å²) in [7, 11) is 0. The van der Waals surface area contributed by atoms with Crippen molar-refractivity contribution in [2.45, 2.75) is 63.5 Å². The molecule has 0 radical (unpaired) electrons.